The van der Waals surface area contributed by atoms with E-state index in [0.717, 1.165) is 51.9 Å². The van der Waals surface area contributed by atoms with Crippen LogP contribution < -0.4 is 10.6 Å². The molecule has 0 aliphatic carbocycles. The van der Waals surface area contributed by atoms with Crippen molar-refractivity contribution in [3.63, 3.8) is 0 Å². The first kappa shape index (κ1) is 81.0. The molecule has 23 heteroatoms. The summed E-state index contributed by atoms with van der Waals surface area (Å²) in [6.45, 7) is 2.20. The number of aliphatic carboxylic acids is 1. The van der Waals surface area contributed by atoms with Gasteiger partial charge in [0.15, 0.2) is 12.6 Å². The van der Waals surface area contributed by atoms with Gasteiger partial charge in [0.1, 0.15) is 67.1 Å². The summed E-state index contributed by atoms with van der Waals surface area (Å²) in [6.07, 6.45) is 14.1. The van der Waals surface area contributed by atoms with Gasteiger partial charge in [0.05, 0.1) is 50.7 Å². The Morgan fingerprint density at radius 3 is 1.40 bits per heavy atom. The van der Waals surface area contributed by atoms with Gasteiger partial charge in [-0.1, -0.05) is 232 Å². The first-order chi connectivity index (χ1) is 42.9. The van der Waals surface area contributed by atoms with E-state index in [1.54, 1.807) is 0 Å². The number of rotatable bonds is 53. The SMILES string of the molecule is CCCCCCCCCCCCCCCCCCCCCCCCCCC(=O)NC(COC1OC(CO)C(OC2OC(CO)C(O)C(OC3(C(=O)O)CC(O)C(NC(C)=O)C(C(O)C(O)CO)O3)C2O)C(O)C1O)C(O)CCCCCCCCCCCCC. The molecule has 3 saturated heterocycles. The summed E-state index contributed by atoms with van der Waals surface area (Å²) in [7, 11) is 0. The number of carbonyl (C=O) groups excluding carboxylic acids is 2. The zero-order valence-corrected chi connectivity index (χ0v) is 54.6. The Balaban J connectivity index is 1.54. The molecular weight excluding hydrogens is 1160 g/mol. The van der Waals surface area contributed by atoms with Crippen molar-refractivity contribution in [3.05, 3.63) is 0 Å². The van der Waals surface area contributed by atoms with Gasteiger partial charge in [0.2, 0.25) is 11.8 Å². The molecule has 0 bridgehead atoms. The normalized spacial score (nSPS) is 28.7. The summed E-state index contributed by atoms with van der Waals surface area (Å²) in [5, 5.41) is 136. The predicted molar refractivity (Wildman–Crippen MR) is 334 cm³/mol. The average molecular weight is 1280 g/mol. The number of hydrogen-bond donors (Lipinski definition) is 14. The smallest absolute Gasteiger partial charge is 0.364 e. The van der Waals surface area contributed by atoms with Crippen LogP contribution in [0.2, 0.25) is 0 Å². The Labute approximate surface area is 531 Å². The van der Waals surface area contributed by atoms with E-state index < -0.39 is 148 Å². The Hall–Kier alpha value is -2.27. The average Bonchev–Trinajstić information content (AvgIpc) is 0.825. The van der Waals surface area contributed by atoms with Gasteiger partial charge >= 0.3 is 5.97 Å². The molecule has 0 radical (unpaired) electrons. The predicted octanol–water partition coefficient (Wildman–Crippen LogP) is 6.12. The van der Waals surface area contributed by atoms with Crippen LogP contribution in [-0.2, 0) is 42.8 Å². The molecule has 18 atom stereocenters. The van der Waals surface area contributed by atoms with Gasteiger partial charge < -0.3 is 100 Å². The second kappa shape index (κ2) is 47.6. The van der Waals surface area contributed by atoms with Gasteiger partial charge in [0.25, 0.3) is 5.79 Å². The summed E-state index contributed by atoms with van der Waals surface area (Å²) in [4.78, 5) is 38.5. The van der Waals surface area contributed by atoms with Crippen LogP contribution in [-0.4, -0.2) is 215 Å². The molecule has 3 aliphatic rings. The molecule has 3 rings (SSSR count). The van der Waals surface area contributed by atoms with Gasteiger partial charge in [0, 0.05) is 19.8 Å². The van der Waals surface area contributed by atoms with Crippen molar-refractivity contribution < 1.29 is 104 Å². The van der Waals surface area contributed by atoms with Gasteiger partial charge in [-0.05, 0) is 12.8 Å². The molecule has 0 aromatic heterocycles. The second-order valence-corrected chi connectivity index (χ2v) is 25.8. The number of hydrogen-bond acceptors (Lipinski definition) is 20. The molecule has 3 aliphatic heterocycles. The van der Waals surface area contributed by atoms with Crippen LogP contribution in [0.3, 0.4) is 0 Å². The van der Waals surface area contributed by atoms with Crippen molar-refractivity contribution in [2.75, 3.05) is 26.4 Å². The Bertz CT molecular complexity index is 1810. The number of aliphatic hydroxyl groups is 11. The van der Waals surface area contributed by atoms with E-state index in [1.807, 2.05) is 0 Å². The second-order valence-electron chi connectivity index (χ2n) is 25.8. The number of ether oxygens (including phenoxy) is 6. The minimum Gasteiger partial charge on any atom is -0.477 e. The van der Waals surface area contributed by atoms with Crippen molar-refractivity contribution in [2.45, 2.75) is 375 Å². The lowest BCUT2D eigenvalue weighted by Gasteiger charge is -2.50. The Morgan fingerprint density at radius 2 is 0.978 bits per heavy atom. The van der Waals surface area contributed by atoms with Crippen LogP contribution in [0.5, 0.6) is 0 Å². The van der Waals surface area contributed by atoms with Crippen molar-refractivity contribution in [2.24, 2.45) is 0 Å². The van der Waals surface area contributed by atoms with Crippen molar-refractivity contribution in [1.82, 2.24) is 10.6 Å². The van der Waals surface area contributed by atoms with E-state index in [0.29, 0.717) is 19.3 Å². The number of carboxylic acid groups (broad SMARTS) is 1. The summed E-state index contributed by atoms with van der Waals surface area (Å²) in [5.41, 5.74) is 0. The summed E-state index contributed by atoms with van der Waals surface area (Å²) in [6, 6.07) is -2.52. The zero-order chi connectivity index (χ0) is 65.4. The zero-order valence-electron chi connectivity index (χ0n) is 54.6. The van der Waals surface area contributed by atoms with Gasteiger partial charge in [-0.3, -0.25) is 9.59 Å². The lowest BCUT2D eigenvalue weighted by Crippen LogP contribution is -2.70. The van der Waals surface area contributed by atoms with E-state index >= 15 is 0 Å². The van der Waals surface area contributed by atoms with Crippen LogP contribution in [0.1, 0.15) is 265 Å². The Morgan fingerprint density at radius 1 is 0.539 bits per heavy atom. The molecular formula is C66H124N2O21. The number of nitrogens with one attached hydrogen (secondary N) is 2. The highest BCUT2D eigenvalue weighted by Gasteiger charge is 2.60. The third-order valence-electron chi connectivity index (χ3n) is 18.1. The summed E-state index contributed by atoms with van der Waals surface area (Å²) < 4.78 is 34.8. The minimum absolute atomic E-state index is 0.229. The van der Waals surface area contributed by atoms with E-state index in [1.165, 1.54) is 167 Å². The molecule has 0 aromatic rings. The third-order valence-corrected chi connectivity index (χ3v) is 18.1. The maximum absolute atomic E-state index is 13.4. The number of aliphatic hydroxyl groups excluding tert-OH is 11. The maximum Gasteiger partial charge on any atom is 0.364 e. The van der Waals surface area contributed by atoms with E-state index in [2.05, 4.69) is 24.5 Å². The lowest BCUT2D eigenvalue weighted by atomic mass is 9.88. The van der Waals surface area contributed by atoms with Crippen LogP contribution in [0.4, 0.5) is 0 Å². The largest absolute Gasteiger partial charge is 0.477 e. The number of carboxylic acids is 1. The number of amides is 2. The topological polar surface area (TPSA) is 373 Å². The molecule has 14 N–H and O–H groups in total. The fourth-order valence-corrected chi connectivity index (χ4v) is 12.5. The third kappa shape index (κ3) is 30.3. The van der Waals surface area contributed by atoms with Crippen LogP contribution >= 0.6 is 0 Å². The molecule has 524 valence electrons. The molecule has 0 saturated carbocycles. The highest BCUT2D eigenvalue weighted by Crippen LogP contribution is 2.39. The molecule has 89 heavy (non-hydrogen) atoms. The molecule has 23 nitrogen and oxygen atoms in total. The quantitative estimate of drug-likeness (QED) is 0.0305. The summed E-state index contributed by atoms with van der Waals surface area (Å²) in [5.74, 6) is -6.09. The molecule has 18 unspecified atom stereocenters. The van der Waals surface area contributed by atoms with Crippen molar-refractivity contribution in [1.29, 1.82) is 0 Å². The fourth-order valence-electron chi connectivity index (χ4n) is 12.5. The first-order valence-corrected chi connectivity index (χ1v) is 34.9. The number of unbranched alkanes of at least 4 members (excludes halogenated alkanes) is 33. The monoisotopic (exact) mass is 1280 g/mol. The van der Waals surface area contributed by atoms with E-state index in [9.17, 15) is 75.7 Å². The Kier molecular flexibility index (Phi) is 43.3. The standard InChI is InChI=1S/C66H124N2O21/c1-4-6-8-10-12-14-16-17-18-19-20-21-22-23-24-25-26-27-28-30-32-34-36-38-40-53(76)68-47(48(73)39-37-35-33-31-29-15-13-11-9-7-5-2)45-84-63-58(80)57(79)60(52(44-71)86-63)87-64-59(81)62(56(78)51(43-70)85-64)89-66(65(82)83)41-49(74)54(67-46(3)72)61(88-66)55(77)50(75)42-69/h47-52,54-64,69-71,73-75,77-81H,4-45H2,1-3H3,(H,67,72)(H,68,76)(H,82,83). The van der Waals surface area contributed by atoms with Crippen molar-refractivity contribution >= 4 is 17.8 Å². The van der Waals surface area contributed by atoms with Crippen LogP contribution in [0.15, 0.2) is 0 Å². The molecule has 0 spiro atoms. The highest BCUT2D eigenvalue weighted by molar-refractivity contribution is 5.77. The minimum atomic E-state index is -3.08. The van der Waals surface area contributed by atoms with Gasteiger partial charge in [-0.15, -0.1) is 0 Å². The molecule has 3 fully saturated rings. The first-order valence-electron chi connectivity index (χ1n) is 34.9. The highest BCUT2D eigenvalue weighted by atomic mass is 16.8. The number of carbonyl (C=O) groups is 3. The van der Waals surface area contributed by atoms with E-state index in [-0.39, 0.29) is 18.9 Å². The fraction of sp³-hybridized carbons (Fsp3) is 0.955. The molecule has 0 aromatic carbocycles. The van der Waals surface area contributed by atoms with Crippen molar-refractivity contribution in [3.8, 4) is 0 Å². The lowest BCUT2D eigenvalue weighted by molar-refractivity contribution is -0.386. The molecule has 2 amide bonds. The maximum atomic E-state index is 13.4. The molecule has 3 heterocycles. The summed E-state index contributed by atoms with van der Waals surface area (Å²) >= 11 is 0. The van der Waals surface area contributed by atoms with E-state index in [4.69, 9.17) is 28.4 Å². The van der Waals surface area contributed by atoms with Gasteiger partial charge in [-0.25, -0.2) is 4.79 Å². The van der Waals surface area contributed by atoms with Crippen LogP contribution in [0.25, 0.3) is 0 Å². The van der Waals surface area contributed by atoms with Gasteiger partial charge in [-0.2, -0.15) is 0 Å². The van der Waals surface area contributed by atoms with Crippen LogP contribution in [0, 0.1) is 0 Å².